The molecule has 2 unspecified atom stereocenters. The number of rotatable bonds is 8. The monoisotopic (exact) mass is 354 g/mol. The summed E-state index contributed by atoms with van der Waals surface area (Å²) >= 11 is 0. The third kappa shape index (κ3) is 6.90. The molecular weight excluding hydrogens is 323 g/mol. The van der Waals surface area contributed by atoms with Crippen LogP contribution in [0.15, 0.2) is 47.1 Å². The Bertz CT molecular complexity index is 558. The number of aliphatic hydroxyl groups excluding tert-OH is 1. The first kappa shape index (κ1) is 21.1. The Morgan fingerprint density at radius 2 is 1.96 bits per heavy atom. The highest BCUT2D eigenvalue weighted by atomic mass is 31.2. The van der Waals surface area contributed by atoms with Gasteiger partial charge in [-0.25, -0.2) is 0 Å². The van der Waals surface area contributed by atoms with Gasteiger partial charge in [-0.3, -0.25) is 4.57 Å². The van der Waals surface area contributed by atoms with Crippen LogP contribution in [0.25, 0.3) is 0 Å². The predicted molar refractivity (Wildman–Crippen MR) is 100 cm³/mol. The number of allylic oxidation sites excluding steroid dienone is 6. The fraction of sp³-hybridized carbons (Fsp3) is 0.579. The van der Waals surface area contributed by atoms with Gasteiger partial charge in [-0.1, -0.05) is 36.8 Å². The van der Waals surface area contributed by atoms with Gasteiger partial charge in [0.15, 0.2) is 0 Å². The molecule has 24 heavy (non-hydrogen) atoms. The summed E-state index contributed by atoms with van der Waals surface area (Å²) < 4.78 is 23.1. The second-order valence-corrected chi connectivity index (χ2v) is 8.33. The van der Waals surface area contributed by atoms with E-state index in [-0.39, 0.29) is 12.1 Å². The van der Waals surface area contributed by atoms with E-state index in [9.17, 15) is 9.67 Å². The molecule has 1 rings (SSSR count). The van der Waals surface area contributed by atoms with Crippen molar-refractivity contribution >= 4 is 7.60 Å². The summed E-state index contributed by atoms with van der Waals surface area (Å²) in [5.41, 5.74) is 3.23. The van der Waals surface area contributed by atoms with E-state index in [1.807, 2.05) is 44.2 Å². The van der Waals surface area contributed by atoms with Crippen LogP contribution in [0.3, 0.4) is 0 Å². The van der Waals surface area contributed by atoms with Gasteiger partial charge >= 0.3 is 7.60 Å². The number of hydrogen-bond donors (Lipinski definition) is 1. The fourth-order valence-corrected chi connectivity index (χ4v) is 4.20. The standard InChI is InChI=1S/C19H31O4P/c1-6-22-24(21,23-7-2)12-11-18-16(5)13-17(14-19(18)20)10-8-9-15(3)4/h8-11,14,16,19-20H,6-7,12-13H2,1-5H3/b10-8+,18-11+. The van der Waals surface area contributed by atoms with Gasteiger partial charge < -0.3 is 14.2 Å². The van der Waals surface area contributed by atoms with Crippen molar-refractivity contribution in [1.29, 1.82) is 0 Å². The van der Waals surface area contributed by atoms with Crippen LogP contribution in [0.1, 0.15) is 41.0 Å². The summed E-state index contributed by atoms with van der Waals surface area (Å²) in [6.07, 6.45) is 10.2. The van der Waals surface area contributed by atoms with E-state index in [1.54, 1.807) is 13.8 Å². The maximum atomic E-state index is 12.5. The van der Waals surface area contributed by atoms with E-state index in [4.69, 9.17) is 9.05 Å². The topological polar surface area (TPSA) is 55.8 Å². The molecule has 0 aromatic heterocycles. The van der Waals surface area contributed by atoms with Gasteiger partial charge in [0.2, 0.25) is 0 Å². The van der Waals surface area contributed by atoms with Gasteiger partial charge in [0.1, 0.15) is 0 Å². The van der Waals surface area contributed by atoms with Crippen LogP contribution in [-0.2, 0) is 13.6 Å². The molecule has 5 heteroatoms. The summed E-state index contributed by atoms with van der Waals surface area (Å²) in [4.78, 5) is 0. The van der Waals surface area contributed by atoms with Crippen molar-refractivity contribution in [2.45, 2.75) is 47.1 Å². The maximum Gasteiger partial charge on any atom is 0.334 e. The van der Waals surface area contributed by atoms with Gasteiger partial charge in [0.05, 0.1) is 25.5 Å². The second-order valence-electron chi connectivity index (χ2n) is 6.23. The van der Waals surface area contributed by atoms with Crippen molar-refractivity contribution in [3.8, 4) is 0 Å². The Balaban J connectivity index is 2.86. The van der Waals surface area contributed by atoms with Gasteiger partial charge in [-0.05, 0) is 57.3 Å². The van der Waals surface area contributed by atoms with E-state index >= 15 is 0 Å². The Morgan fingerprint density at radius 1 is 1.33 bits per heavy atom. The van der Waals surface area contributed by atoms with Crippen LogP contribution in [0, 0.1) is 5.92 Å². The Hall–Kier alpha value is -0.930. The van der Waals surface area contributed by atoms with E-state index in [0.29, 0.717) is 13.2 Å². The summed E-state index contributed by atoms with van der Waals surface area (Å²) in [6, 6.07) is 0. The van der Waals surface area contributed by atoms with Gasteiger partial charge in [-0.15, -0.1) is 0 Å². The van der Waals surface area contributed by atoms with Crippen molar-refractivity contribution in [3.63, 3.8) is 0 Å². The molecule has 0 spiro atoms. The van der Waals surface area contributed by atoms with Crippen molar-refractivity contribution in [3.05, 3.63) is 47.1 Å². The second kappa shape index (κ2) is 10.1. The molecule has 0 aliphatic heterocycles. The van der Waals surface area contributed by atoms with Crippen LogP contribution in [-0.4, -0.2) is 30.6 Å². The molecule has 1 aliphatic rings. The first-order valence-electron chi connectivity index (χ1n) is 8.59. The van der Waals surface area contributed by atoms with Crippen LogP contribution < -0.4 is 0 Å². The van der Waals surface area contributed by atoms with Gasteiger partial charge in [-0.2, -0.15) is 0 Å². The molecule has 1 aliphatic carbocycles. The summed E-state index contributed by atoms with van der Waals surface area (Å²) in [6.45, 7) is 10.5. The highest BCUT2D eigenvalue weighted by Crippen LogP contribution is 2.48. The summed E-state index contributed by atoms with van der Waals surface area (Å²) in [5, 5.41) is 10.4. The molecule has 1 N–H and O–H groups in total. The molecule has 0 heterocycles. The van der Waals surface area contributed by atoms with Crippen molar-refractivity contribution in [1.82, 2.24) is 0 Å². The van der Waals surface area contributed by atoms with E-state index in [0.717, 1.165) is 17.6 Å². The third-order valence-corrected chi connectivity index (χ3v) is 5.70. The van der Waals surface area contributed by atoms with Crippen LogP contribution >= 0.6 is 7.60 Å². The molecule has 0 aromatic carbocycles. The SMILES string of the molecule is CCOP(=O)(C/C=C1/C(O)C=C(/C=C/C=C(C)C)CC1C)OCC. The van der Waals surface area contributed by atoms with Crippen LogP contribution in [0.2, 0.25) is 0 Å². The molecule has 0 saturated heterocycles. The molecule has 0 saturated carbocycles. The van der Waals surface area contributed by atoms with Crippen molar-refractivity contribution < 1.29 is 18.7 Å². The zero-order chi connectivity index (χ0) is 18.2. The molecule has 2 atom stereocenters. The minimum Gasteiger partial charge on any atom is -0.385 e. The van der Waals surface area contributed by atoms with Crippen molar-refractivity contribution in [2.75, 3.05) is 19.4 Å². The van der Waals surface area contributed by atoms with Crippen LogP contribution in [0.4, 0.5) is 0 Å². The Morgan fingerprint density at radius 3 is 2.46 bits per heavy atom. The average Bonchev–Trinajstić information content (AvgIpc) is 2.46. The molecule has 0 bridgehead atoms. The quantitative estimate of drug-likeness (QED) is 0.377. The number of hydrogen-bond acceptors (Lipinski definition) is 4. The molecule has 0 aromatic rings. The lowest BCUT2D eigenvalue weighted by atomic mass is 9.83. The smallest absolute Gasteiger partial charge is 0.334 e. The van der Waals surface area contributed by atoms with E-state index in [1.165, 1.54) is 5.57 Å². The normalized spacial score (nSPS) is 23.6. The minimum absolute atomic E-state index is 0.188. The lowest BCUT2D eigenvalue weighted by Crippen LogP contribution is -2.20. The summed E-state index contributed by atoms with van der Waals surface area (Å²) in [7, 11) is -3.11. The first-order chi connectivity index (χ1) is 11.3. The van der Waals surface area contributed by atoms with Crippen LogP contribution in [0.5, 0.6) is 0 Å². The first-order valence-corrected chi connectivity index (χ1v) is 10.3. The zero-order valence-corrected chi connectivity index (χ0v) is 16.4. The molecule has 136 valence electrons. The molecule has 0 fully saturated rings. The van der Waals surface area contributed by atoms with E-state index in [2.05, 4.69) is 6.92 Å². The molecule has 4 nitrogen and oxygen atoms in total. The summed E-state index contributed by atoms with van der Waals surface area (Å²) in [5.74, 6) is 0.188. The average molecular weight is 354 g/mol. The minimum atomic E-state index is -3.11. The predicted octanol–water partition coefficient (Wildman–Crippen LogP) is 5.03. The van der Waals surface area contributed by atoms with Crippen molar-refractivity contribution in [2.24, 2.45) is 5.92 Å². The Kier molecular flexibility index (Phi) is 8.93. The largest absolute Gasteiger partial charge is 0.385 e. The lowest BCUT2D eigenvalue weighted by Gasteiger charge is -2.26. The maximum absolute atomic E-state index is 12.5. The zero-order valence-electron chi connectivity index (χ0n) is 15.5. The van der Waals surface area contributed by atoms with Gasteiger partial charge in [0.25, 0.3) is 0 Å². The van der Waals surface area contributed by atoms with Gasteiger partial charge in [0, 0.05) is 0 Å². The van der Waals surface area contributed by atoms with E-state index < -0.39 is 13.7 Å². The Labute approximate surface area is 146 Å². The molecule has 0 amide bonds. The highest BCUT2D eigenvalue weighted by molar-refractivity contribution is 7.54. The third-order valence-electron chi connectivity index (χ3n) is 3.77. The lowest BCUT2D eigenvalue weighted by molar-refractivity contribution is 0.221. The molecular formula is C19H31O4P. The number of aliphatic hydroxyl groups is 1. The fourth-order valence-electron chi connectivity index (χ4n) is 2.69. The molecule has 0 radical (unpaired) electrons. The highest BCUT2D eigenvalue weighted by Gasteiger charge is 2.26.